The lowest BCUT2D eigenvalue weighted by Gasteiger charge is -2.57. The average Bonchev–Trinajstić information content (AvgIpc) is 2.71. The first kappa shape index (κ1) is 24.1. The van der Waals surface area contributed by atoms with Crippen LogP contribution in [0.3, 0.4) is 0 Å². The molecule has 4 nitrogen and oxygen atoms in total. The smallest absolute Gasteiger partial charge is 0.274 e. The van der Waals surface area contributed by atoms with Gasteiger partial charge >= 0.3 is 0 Å². The van der Waals surface area contributed by atoms with Gasteiger partial charge in [-0.1, -0.05) is 32.0 Å². The average molecular weight is 483 g/mol. The second-order valence-electron chi connectivity index (χ2n) is 10.7. The summed E-state index contributed by atoms with van der Waals surface area (Å²) in [7, 11) is 0. The van der Waals surface area contributed by atoms with Crippen molar-refractivity contribution < 1.29 is 22.8 Å². The van der Waals surface area contributed by atoms with Crippen molar-refractivity contribution in [1.29, 1.82) is 0 Å². The molecule has 0 unspecified atom stereocenters. The number of hydrogen-bond acceptors (Lipinski definition) is 2. The summed E-state index contributed by atoms with van der Waals surface area (Å²) in [5.41, 5.74) is -0.789. The second kappa shape index (κ2) is 8.33. The first-order valence-corrected chi connectivity index (χ1v) is 11.8. The molecule has 0 N–H and O–H groups in total. The van der Waals surface area contributed by atoms with Crippen molar-refractivity contribution in [2.45, 2.75) is 51.4 Å². The molecule has 3 fully saturated rings. The molecule has 33 heavy (non-hydrogen) atoms. The molecule has 0 bridgehead atoms. The monoisotopic (exact) mass is 482 g/mol. The Bertz CT molecular complexity index is 974. The van der Waals surface area contributed by atoms with Gasteiger partial charge in [0.05, 0.1) is 12.0 Å². The molecule has 1 saturated carbocycles. The summed E-state index contributed by atoms with van der Waals surface area (Å²) in [6.07, 6.45) is 3.21. The van der Waals surface area contributed by atoms with E-state index in [1.165, 1.54) is 28.0 Å². The van der Waals surface area contributed by atoms with E-state index >= 15 is 8.78 Å². The maximum Gasteiger partial charge on any atom is 0.274 e. The van der Waals surface area contributed by atoms with Gasteiger partial charge in [-0.15, -0.1) is 0 Å². The van der Waals surface area contributed by atoms with Gasteiger partial charge in [-0.05, 0) is 66.9 Å². The van der Waals surface area contributed by atoms with Crippen molar-refractivity contribution >= 4 is 23.4 Å². The molecule has 0 aromatic heterocycles. The summed E-state index contributed by atoms with van der Waals surface area (Å²) < 4.78 is 44.5. The van der Waals surface area contributed by atoms with E-state index in [9.17, 15) is 14.0 Å². The summed E-state index contributed by atoms with van der Waals surface area (Å²) in [6, 6.07) is 4.13. The maximum absolute atomic E-state index is 15.3. The third kappa shape index (κ3) is 4.29. The minimum Gasteiger partial charge on any atom is -0.337 e. The third-order valence-electron chi connectivity index (χ3n) is 7.88. The first-order valence-electron chi connectivity index (χ1n) is 11.4. The largest absolute Gasteiger partial charge is 0.337 e. The lowest BCUT2D eigenvalue weighted by atomic mass is 9.64. The van der Waals surface area contributed by atoms with Crippen molar-refractivity contribution in [1.82, 2.24) is 9.80 Å². The molecule has 4 rings (SSSR count). The number of piperidine rings is 1. The summed E-state index contributed by atoms with van der Waals surface area (Å²) in [5.74, 6) is -5.06. The molecule has 8 heteroatoms. The number of alkyl halides is 2. The Hall–Kier alpha value is -2.02. The molecule has 0 radical (unpaired) electrons. The number of likely N-dealkylation sites (tertiary alicyclic amines) is 2. The topological polar surface area (TPSA) is 40.6 Å². The lowest BCUT2D eigenvalue weighted by Crippen LogP contribution is -2.71. The van der Waals surface area contributed by atoms with Crippen molar-refractivity contribution in [3.63, 3.8) is 0 Å². The Morgan fingerprint density at radius 1 is 1.15 bits per heavy atom. The highest BCUT2D eigenvalue weighted by Crippen LogP contribution is 2.52. The molecule has 2 atom stereocenters. The van der Waals surface area contributed by atoms with E-state index in [0.717, 1.165) is 12.5 Å². The van der Waals surface area contributed by atoms with Gasteiger partial charge in [-0.3, -0.25) is 9.59 Å². The van der Waals surface area contributed by atoms with Crippen LogP contribution in [0.25, 0.3) is 0 Å². The van der Waals surface area contributed by atoms with Crippen molar-refractivity contribution in [2.75, 3.05) is 26.2 Å². The van der Waals surface area contributed by atoms with Crippen LogP contribution in [0.15, 0.2) is 30.9 Å². The van der Waals surface area contributed by atoms with Crippen molar-refractivity contribution in [3.05, 3.63) is 47.3 Å². The Morgan fingerprint density at radius 3 is 2.48 bits per heavy atom. The second-order valence-corrected chi connectivity index (χ2v) is 11.1. The number of nitrogens with zero attached hydrogens (tertiary/aromatic N) is 2. The molecule has 2 saturated heterocycles. The minimum absolute atomic E-state index is 0.0218. The van der Waals surface area contributed by atoms with Gasteiger partial charge in [0.15, 0.2) is 0 Å². The van der Waals surface area contributed by atoms with E-state index in [0.29, 0.717) is 23.4 Å². The molecule has 1 aromatic carbocycles. The van der Waals surface area contributed by atoms with Gasteiger partial charge < -0.3 is 9.80 Å². The van der Waals surface area contributed by atoms with E-state index < -0.39 is 29.6 Å². The number of amides is 2. The van der Waals surface area contributed by atoms with Crippen LogP contribution in [0.2, 0.25) is 5.02 Å². The first-order chi connectivity index (χ1) is 15.4. The Morgan fingerprint density at radius 2 is 1.85 bits per heavy atom. The number of carbonyl (C=O) groups is 2. The van der Waals surface area contributed by atoms with E-state index in [1.54, 1.807) is 0 Å². The van der Waals surface area contributed by atoms with E-state index in [1.807, 2.05) is 0 Å². The highest BCUT2D eigenvalue weighted by atomic mass is 35.5. The molecule has 2 heterocycles. The molecule has 2 amide bonds. The predicted molar refractivity (Wildman–Crippen MR) is 121 cm³/mol. The van der Waals surface area contributed by atoms with Gasteiger partial charge in [0.25, 0.3) is 5.92 Å². The lowest BCUT2D eigenvalue weighted by molar-refractivity contribution is -0.223. The highest BCUT2D eigenvalue weighted by Gasteiger charge is 2.64. The van der Waals surface area contributed by atoms with Gasteiger partial charge in [0.1, 0.15) is 5.82 Å². The van der Waals surface area contributed by atoms with E-state index in [4.69, 9.17) is 11.6 Å². The quantitative estimate of drug-likeness (QED) is 0.550. The number of halogens is 4. The summed E-state index contributed by atoms with van der Waals surface area (Å²) >= 11 is 6.39. The maximum atomic E-state index is 15.3. The molecular formula is C25H30ClF3N2O2. The zero-order chi connectivity index (χ0) is 24.2. The molecular weight excluding hydrogens is 453 g/mol. The van der Waals surface area contributed by atoms with Gasteiger partial charge in [-0.25, -0.2) is 13.2 Å². The van der Waals surface area contributed by atoms with Crippen LogP contribution in [0.4, 0.5) is 13.2 Å². The molecule has 1 spiro atoms. The fraction of sp³-hybridized carbons (Fsp3) is 0.600. The molecule has 1 aliphatic carbocycles. The molecule has 3 aliphatic rings. The zero-order valence-corrected chi connectivity index (χ0v) is 19.8. The van der Waals surface area contributed by atoms with E-state index in [2.05, 4.69) is 20.4 Å². The van der Waals surface area contributed by atoms with Crippen molar-refractivity contribution in [2.24, 2.45) is 16.7 Å². The highest BCUT2D eigenvalue weighted by molar-refractivity contribution is 6.31. The number of carbonyl (C=O) groups excluding carboxylic acids is 2. The summed E-state index contributed by atoms with van der Waals surface area (Å²) in [4.78, 5) is 27.9. The van der Waals surface area contributed by atoms with Gasteiger partial charge in [-0.2, -0.15) is 0 Å². The van der Waals surface area contributed by atoms with Crippen LogP contribution in [0.1, 0.15) is 51.0 Å². The number of hydrogen-bond donors (Lipinski definition) is 0. The Labute approximate surface area is 197 Å². The van der Waals surface area contributed by atoms with Crippen LogP contribution in [0, 0.1) is 22.6 Å². The van der Waals surface area contributed by atoms with Crippen LogP contribution in [-0.4, -0.2) is 53.7 Å². The van der Waals surface area contributed by atoms with Crippen LogP contribution in [0.5, 0.6) is 0 Å². The molecule has 1 aromatic rings. The van der Waals surface area contributed by atoms with Gasteiger partial charge in [0, 0.05) is 30.6 Å². The predicted octanol–water partition coefficient (Wildman–Crippen LogP) is 5.27. The molecule has 180 valence electrons. The van der Waals surface area contributed by atoms with Crippen molar-refractivity contribution in [3.8, 4) is 0 Å². The third-order valence-corrected chi connectivity index (χ3v) is 8.22. The fourth-order valence-electron chi connectivity index (χ4n) is 5.81. The van der Waals surface area contributed by atoms with E-state index in [-0.39, 0.29) is 49.2 Å². The van der Waals surface area contributed by atoms with Crippen LogP contribution in [-0.2, 0) is 9.59 Å². The van der Waals surface area contributed by atoms with Gasteiger partial charge in [0.2, 0.25) is 11.8 Å². The number of benzene rings is 1. The zero-order valence-electron chi connectivity index (χ0n) is 19.1. The normalized spacial score (nSPS) is 27.7. The van der Waals surface area contributed by atoms with Crippen LogP contribution < -0.4 is 0 Å². The summed E-state index contributed by atoms with van der Waals surface area (Å²) in [5, 5.41) is 0.390. The van der Waals surface area contributed by atoms with Crippen LogP contribution >= 0.6 is 11.6 Å². The minimum atomic E-state index is -3.10. The molecule has 2 aliphatic heterocycles. The number of rotatable bonds is 3. The standard InChI is InChI=1S/C25H30ClF3N2O2/c1-4-21(32)31-13-24(14-31)9-10-30(15-25(24,28)29)22(33)17-7-8-23(2,3)12-19(17)18-11-16(27)5-6-20(18)26/h4-6,11,17,19H,1,7-10,12-15H2,2-3H3/t17-,19-/m0/s1. The Kier molecular flexibility index (Phi) is 6.09. The SMILES string of the molecule is C=CC(=O)N1CC2(CCN(C(=O)[C@H]3CCC(C)(C)C[C@@H]3c3cc(F)ccc3Cl)CC2(F)F)C1. The Balaban J connectivity index is 1.54. The summed E-state index contributed by atoms with van der Waals surface area (Å²) in [6.45, 7) is 7.11. The fourth-order valence-corrected chi connectivity index (χ4v) is 6.07.